The number of piperidine rings is 1. The fourth-order valence-electron chi connectivity index (χ4n) is 4.52. The molecular formula is C21H24F3NO2S. The molecule has 1 spiro atoms. The lowest BCUT2D eigenvalue weighted by Gasteiger charge is -2.46. The van der Waals surface area contributed by atoms with Gasteiger partial charge in [0.1, 0.15) is 0 Å². The molecule has 0 atom stereocenters. The van der Waals surface area contributed by atoms with Crippen molar-refractivity contribution >= 4 is 23.4 Å². The minimum absolute atomic E-state index is 0.118. The number of thioether (sulfide) groups is 1. The van der Waals surface area contributed by atoms with E-state index in [0.29, 0.717) is 5.56 Å². The van der Waals surface area contributed by atoms with Crippen LogP contribution in [-0.2, 0) is 4.79 Å². The predicted octanol–water partition coefficient (Wildman–Crippen LogP) is 5.53. The van der Waals surface area contributed by atoms with Gasteiger partial charge in [0, 0.05) is 35.7 Å². The Labute approximate surface area is 167 Å². The molecule has 0 bridgehead atoms. The van der Waals surface area contributed by atoms with Crippen molar-refractivity contribution in [2.24, 2.45) is 11.3 Å². The van der Waals surface area contributed by atoms with Gasteiger partial charge in [0.2, 0.25) is 0 Å². The van der Waals surface area contributed by atoms with Crippen molar-refractivity contribution in [2.75, 3.05) is 18.0 Å². The van der Waals surface area contributed by atoms with Crippen LogP contribution in [0, 0.1) is 23.7 Å². The van der Waals surface area contributed by atoms with Crippen LogP contribution in [-0.4, -0.2) is 29.7 Å². The van der Waals surface area contributed by atoms with Crippen LogP contribution in [0.5, 0.6) is 0 Å². The number of terminal acetylenes is 1. The summed E-state index contributed by atoms with van der Waals surface area (Å²) in [6.45, 7) is 1.57. The van der Waals surface area contributed by atoms with Gasteiger partial charge in [0.25, 0.3) is 0 Å². The van der Waals surface area contributed by atoms with Crippen molar-refractivity contribution in [2.45, 2.75) is 55.3 Å². The summed E-state index contributed by atoms with van der Waals surface area (Å²) in [6.07, 6.45) is 11.6. The highest BCUT2D eigenvalue weighted by molar-refractivity contribution is 8.00. The smallest absolute Gasteiger partial charge is 0.446 e. The molecule has 1 saturated carbocycles. The number of carboxylic acid groups (broad SMARTS) is 1. The number of carboxylic acids is 1. The summed E-state index contributed by atoms with van der Waals surface area (Å²) in [7, 11) is 0. The molecule has 1 aromatic rings. The Balaban J connectivity index is 1.64. The van der Waals surface area contributed by atoms with Gasteiger partial charge in [-0.1, -0.05) is 5.92 Å². The third-order valence-electron chi connectivity index (χ3n) is 6.11. The first-order chi connectivity index (χ1) is 13.2. The predicted molar refractivity (Wildman–Crippen MR) is 104 cm³/mol. The summed E-state index contributed by atoms with van der Waals surface area (Å²) in [5.41, 5.74) is -2.89. The SMILES string of the molecule is C#Cc1cc(SC(F)(F)F)cc(N2CCC3(CCC(CC(=O)O)CC3)CC2)c1. The normalized spacial score (nSPS) is 20.1. The van der Waals surface area contributed by atoms with Crippen molar-refractivity contribution in [3.63, 3.8) is 0 Å². The molecule has 1 saturated heterocycles. The van der Waals surface area contributed by atoms with Gasteiger partial charge >= 0.3 is 11.5 Å². The topological polar surface area (TPSA) is 40.5 Å². The van der Waals surface area contributed by atoms with Crippen molar-refractivity contribution < 1.29 is 23.1 Å². The Bertz CT molecular complexity index is 754. The monoisotopic (exact) mass is 411 g/mol. The highest BCUT2D eigenvalue weighted by atomic mass is 32.2. The van der Waals surface area contributed by atoms with E-state index in [4.69, 9.17) is 11.5 Å². The second kappa shape index (κ2) is 8.28. The lowest BCUT2D eigenvalue weighted by atomic mass is 9.65. The zero-order chi connectivity index (χ0) is 20.4. The van der Waals surface area contributed by atoms with Crippen LogP contribution < -0.4 is 4.90 Å². The molecule has 0 radical (unpaired) electrons. The van der Waals surface area contributed by atoms with Crippen molar-refractivity contribution in [1.82, 2.24) is 0 Å². The molecule has 1 aliphatic heterocycles. The molecule has 0 aromatic heterocycles. The van der Waals surface area contributed by atoms with Crippen LogP contribution >= 0.6 is 11.8 Å². The van der Waals surface area contributed by atoms with E-state index >= 15 is 0 Å². The van der Waals surface area contributed by atoms with Crippen LogP contribution in [0.25, 0.3) is 0 Å². The number of nitrogens with zero attached hydrogens (tertiary/aromatic N) is 1. The molecule has 7 heteroatoms. The fourth-order valence-corrected chi connectivity index (χ4v) is 5.15. The molecule has 1 N–H and O–H groups in total. The quantitative estimate of drug-likeness (QED) is 0.522. The van der Waals surface area contributed by atoms with E-state index in [1.54, 1.807) is 12.1 Å². The highest BCUT2D eigenvalue weighted by Crippen LogP contribution is 2.48. The first-order valence-electron chi connectivity index (χ1n) is 9.52. The van der Waals surface area contributed by atoms with E-state index in [1.807, 2.05) is 0 Å². The van der Waals surface area contributed by atoms with Gasteiger partial charge in [-0.2, -0.15) is 13.2 Å². The lowest BCUT2D eigenvalue weighted by molar-refractivity contribution is -0.138. The van der Waals surface area contributed by atoms with Crippen LogP contribution in [0.15, 0.2) is 23.1 Å². The van der Waals surface area contributed by atoms with E-state index in [-0.39, 0.29) is 34.4 Å². The molecule has 152 valence electrons. The number of benzene rings is 1. The number of hydrogen-bond acceptors (Lipinski definition) is 3. The number of alkyl halides is 3. The molecule has 2 aliphatic rings. The standard InChI is InChI=1S/C21H24F3NO2S/c1-2-15-11-17(14-18(12-15)28-21(22,23)24)25-9-7-20(8-10-25)5-3-16(4-6-20)13-19(26)27/h1,11-12,14,16H,3-10,13H2,(H,26,27). The van der Waals surface area contributed by atoms with Crippen LogP contribution in [0.1, 0.15) is 50.5 Å². The second-order valence-corrected chi connectivity index (χ2v) is 9.07. The molecular weight excluding hydrogens is 387 g/mol. The minimum atomic E-state index is -4.34. The van der Waals surface area contributed by atoms with Crippen molar-refractivity contribution in [3.05, 3.63) is 23.8 Å². The summed E-state index contributed by atoms with van der Waals surface area (Å²) >= 11 is -0.135. The van der Waals surface area contributed by atoms with Crippen LogP contribution in [0.3, 0.4) is 0 Å². The third-order valence-corrected chi connectivity index (χ3v) is 6.81. The van der Waals surface area contributed by atoms with Crippen molar-refractivity contribution in [3.8, 4) is 12.3 Å². The summed E-state index contributed by atoms with van der Waals surface area (Å²) in [6, 6.07) is 4.75. The average Bonchev–Trinajstić information content (AvgIpc) is 2.62. The number of rotatable bonds is 4. The molecule has 0 amide bonds. The van der Waals surface area contributed by atoms with E-state index < -0.39 is 11.5 Å². The zero-order valence-corrected chi connectivity index (χ0v) is 16.4. The van der Waals surface area contributed by atoms with E-state index in [2.05, 4.69) is 10.8 Å². The maximum atomic E-state index is 12.8. The zero-order valence-electron chi connectivity index (χ0n) is 15.6. The number of hydrogen-bond donors (Lipinski definition) is 1. The Morgan fingerprint density at radius 3 is 2.39 bits per heavy atom. The number of carbonyl (C=O) groups is 1. The van der Waals surface area contributed by atoms with Gasteiger partial charge in [-0.15, -0.1) is 6.42 Å². The molecule has 28 heavy (non-hydrogen) atoms. The van der Waals surface area contributed by atoms with Crippen LogP contribution in [0.4, 0.5) is 18.9 Å². The Hall–Kier alpha value is -1.81. The lowest BCUT2D eigenvalue weighted by Crippen LogP contribution is -2.42. The first-order valence-corrected chi connectivity index (χ1v) is 10.3. The summed E-state index contributed by atoms with van der Waals surface area (Å²) in [5.74, 6) is 2.00. The molecule has 3 nitrogen and oxygen atoms in total. The Kier molecular flexibility index (Phi) is 6.18. The minimum Gasteiger partial charge on any atom is -0.481 e. The molecule has 1 aromatic carbocycles. The molecule has 0 unspecified atom stereocenters. The molecule has 3 rings (SSSR count). The van der Waals surface area contributed by atoms with Gasteiger partial charge in [0.15, 0.2) is 0 Å². The van der Waals surface area contributed by atoms with Gasteiger partial charge < -0.3 is 10.0 Å². The average molecular weight is 411 g/mol. The molecule has 1 heterocycles. The van der Waals surface area contributed by atoms with Gasteiger partial charge in [-0.3, -0.25) is 4.79 Å². The van der Waals surface area contributed by atoms with E-state index in [0.717, 1.165) is 57.3 Å². The Morgan fingerprint density at radius 1 is 1.21 bits per heavy atom. The van der Waals surface area contributed by atoms with Gasteiger partial charge in [-0.25, -0.2) is 0 Å². The maximum Gasteiger partial charge on any atom is 0.446 e. The maximum absolute atomic E-state index is 12.8. The fraction of sp³-hybridized carbons (Fsp3) is 0.571. The summed E-state index contributed by atoms with van der Waals surface area (Å²) in [5, 5.41) is 8.97. The number of aliphatic carboxylic acids is 1. The Morgan fingerprint density at radius 2 is 1.86 bits per heavy atom. The molecule has 1 aliphatic carbocycles. The largest absolute Gasteiger partial charge is 0.481 e. The number of anilines is 1. The molecule has 2 fully saturated rings. The van der Waals surface area contributed by atoms with E-state index in [9.17, 15) is 18.0 Å². The second-order valence-electron chi connectivity index (χ2n) is 7.94. The number of halogens is 3. The summed E-state index contributed by atoms with van der Waals surface area (Å²) in [4.78, 5) is 13.1. The van der Waals surface area contributed by atoms with Gasteiger partial charge in [0.05, 0.1) is 0 Å². The third kappa shape index (κ3) is 5.38. The van der Waals surface area contributed by atoms with Crippen LogP contribution in [0.2, 0.25) is 0 Å². The van der Waals surface area contributed by atoms with E-state index in [1.165, 1.54) is 6.07 Å². The highest BCUT2D eigenvalue weighted by Gasteiger charge is 2.38. The van der Waals surface area contributed by atoms with Crippen molar-refractivity contribution in [1.29, 1.82) is 0 Å². The first kappa shape index (κ1) is 20.9. The van der Waals surface area contributed by atoms with Gasteiger partial charge in [-0.05, 0) is 79.8 Å². The summed E-state index contributed by atoms with van der Waals surface area (Å²) < 4.78 is 38.3.